The lowest BCUT2D eigenvalue weighted by Gasteiger charge is -2.37. The minimum absolute atomic E-state index is 0.103. The van der Waals surface area contributed by atoms with Gasteiger partial charge in [-0.05, 0) is 69.2 Å². The zero-order valence-corrected chi connectivity index (χ0v) is 33.0. The van der Waals surface area contributed by atoms with Crippen molar-refractivity contribution >= 4 is 89.8 Å². The summed E-state index contributed by atoms with van der Waals surface area (Å²) in [5.74, 6) is 6.05. The van der Waals surface area contributed by atoms with Crippen LogP contribution < -0.4 is 51.7 Å². The number of hydrogen-bond acceptors (Lipinski definition) is 4. The Morgan fingerprint density at radius 2 is 0.774 bits per heavy atom. The highest BCUT2D eigenvalue weighted by Gasteiger charge is 2.45. The summed E-state index contributed by atoms with van der Waals surface area (Å²) in [4.78, 5) is 0. The van der Waals surface area contributed by atoms with Gasteiger partial charge in [-0.3, -0.25) is 0 Å². The van der Waals surface area contributed by atoms with Crippen molar-refractivity contribution < 1.29 is 18.9 Å². The second-order valence-electron chi connectivity index (χ2n) is 16.7. The monoisotopic (exact) mass is 792 g/mol. The second kappa shape index (κ2) is 11.8. The van der Waals surface area contributed by atoms with Crippen molar-refractivity contribution in [3.8, 4) is 57.4 Å². The number of fused-ring (bicyclic) bond motifs is 14. The van der Waals surface area contributed by atoms with Gasteiger partial charge in [-0.2, -0.15) is 0 Å². The Labute approximate surface area is 355 Å². The first-order chi connectivity index (χ1) is 30.7. The lowest BCUT2D eigenvalue weighted by molar-refractivity contribution is 0.451. The number of aromatic nitrogens is 2. The van der Waals surface area contributed by atoms with Gasteiger partial charge >= 0.3 is 0 Å². The molecule has 0 saturated heterocycles. The number of hydrogen-bond donors (Lipinski definition) is 0. The van der Waals surface area contributed by atoms with Crippen LogP contribution in [0.4, 0.5) is 0 Å². The van der Waals surface area contributed by atoms with Crippen LogP contribution in [-0.2, 0) is 0 Å². The molecule has 4 aliphatic rings. The van der Waals surface area contributed by atoms with Crippen LogP contribution in [0.3, 0.4) is 0 Å². The number of ether oxygens (including phenoxy) is 4. The quantitative estimate of drug-likeness (QED) is 0.167. The van der Waals surface area contributed by atoms with Gasteiger partial charge in [-0.25, -0.2) is 0 Å². The SMILES string of the molecule is c1ccc(Oc2cc3c4c(c2)-n2c5ccccc5c5cccc(c52)B4c2cc4c(cc2O3)Oc2cc(Oc3ccccc3)cc3c2B4c2cccc4c5ccccc5n-3c24)cc1. The van der Waals surface area contributed by atoms with Crippen LogP contribution in [0.25, 0.3) is 55.0 Å². The summed E-state index contributed by atoms with van der Waals surface area (Å²) in [6, 6.07) is 63.8. The molecule has 11 aromatic rings. The summed E-state index contributed by atoms with van der Waals surface area (Å²) in [5.41, 5.74) is 13.9. The third-order valence-electron chi connectivity index (χ3n) is 13.5. The van der Waals surface area contributed by atoms with Gasteiger partial charge < -0.3 is 28.1 Å². The summed E-state index contributed by atoms with van der Waals surface area (Å²) in [5, 5.41) is 4.90. The van der Waals surface area contributed by atoms with E-state index >= 15 is 0 Å². The van der Waals surface area contributed by atoms with Crippen molar-refractivity contribution in [1.82, 2.24) is 9.13 Å². The average Bonchev–Trinajstić information content (AvgIpc) is 3.83. The van der Waals surface area contributed by atoms with Gasteiger partial charge in [-0.1, -0.05) is 115 Å². The van der Waals surface area contributed by atoms with Gasteiger partial charge in [0.1, 0.15) is 46.0 Å². The van der Waals surface area contributed by atoms with E-state index in [1.807, 2.05) is 72.8 Å². The Bertz CT molecular complexity index is 3540. The van der Waals surface area contributed by atoms with Crippen LogP contribution in [0.2, 0.25) is 0 Å². The number of benzene rings is 9. The predicted octanol–water partition coefficient (Wildman–Crippen LogP) is 9.34. The molecule has 286 valence electrons. The molecule has 0 atom stereocenters. The van der Waals surface area contributed by atoms with E-state index in [1.165, 1.54) is 43.5 Å². The third kappa shape index (κ3) is 4.25. The van der Waals surface area contributed by atoms with Gasteiger partial charge in [0.15, 0.2) is 0 Å². The van der Waals surface area contributed by atoms with Crippen molar-refractivity contribution in [2.75, 3.05) is 0 Å². The van der Waals surface area contributed by atoms with Gasteiger partial charge in [0.25, 0.3) is 13.4 Å². The Balaban J connectivity index is 0.995. The fraction of sp³-hybridized carbons (Fsp3) is 0. The predicted molar refractivity (Wildman–Crippen MR) is 250 cm³/mol. The average molecular weight is 792 g/mol. The Morgan fingerprint density at radius 3 is 1.26 bits per heavy atom. The Hall–Kier alpha value is -8.09. The normalized spacial score (nSPS) is 13.4. The molecule has 62 heavy (non-hydrogen) atoms. The van der Waals surface area contributed by atoms with Crippen molar-refractivity contribution in [3.63, 3.8) is 0 Å². The van der Waals surface area contributed by atoms with Crippen LogP contribution in [0, 0.1) is 0 Å². The minimum atomic E-state index is -0.103. The first kappa shape index (κ1) is 32.7. The Morgan fingerprint density at radius 1 is 0.339 bits per heavy atom. The van der Waals surface area contributed by atoms with Gasteiger partial charge in [0, 0.05) is 74.3 Å². The molecule has 6 heterocycles. The smallest absolute Gasteiger partial charge is 0.256 e. The number of nitrogens with zero attached hydrogens (tertiary/aromatic N) is 2. The van der Waals surface area contributed by atoms with Gasteiger partial charge in [-0.15, -0.1) is 0 Å². The first-order valence-electron chi connectivity index (χ1n) is 21.1. The molecular weight excluding hydrogens is 762 g/mol. The topological polar surface area (TPSA) is 46.8 Å². The standard InChI is InChI=1S/C54H30B2N2O4/c1-3-13-31(14-4-1)59-33-25-45-51-49(27-33)61-47-30-48-42(29-41(47)55(51)39-21-11-19-37-35-17-7-9-23-43(35)57(45)53(37)39)56-40-22-12-20-38-36-18-8-10-24-44(36)58(54(38)40)46-26-34(28-50(62-48)52(46)56)60-32-15-5-2-6-16-32/h1-30H. The van der Waals surface area contributed by atoms with E-state index < -0.39 is 0 Å². The number of rotatable bonds is 4. The molecule has 6 nitrogen and oxygen atoms in total. The van der Waals surface area contributed by atoms with Gasteiger partial charge in [0.2, 0.25) is 0 Å². The molecule has 0 saturated carbocycles. The van der Waals surface area contributed by atoms with E-state index in [-0.39, 0.29) is 13.4 Å². The number of para-hydroxylation sites is 6. The molecule has 2 aromatic heterocycles. The lowest BCUT2D eigenvalue weighted by atomic mass is 9.31. The van der Waals surface area contributed by atoms with Crippen LogP contribution in [0.5, 0.6) is 46.0 Å². The Kier molecular flexibility index (Phi) is 6.23. The maximum atomic E-state index is 7.12. The highest BCUT2D eigenvalue weighted by molar-refractivity contribution is 7.02. The highest BCUT2D eigenvalue weighted by atomic mass is 16.5. The first-order valence-corrected chi connectivity index (χ1v) is 21.1. The molecule has 0 N–H and O–H groups in total. The molecule has 9 aromatic carbocycles. The lowest BCUT2D eigenvalue weighted by Crippen LogP contribution is -2.62. The summed E-state index contributed by atoms with van der Waals surface area (Å²) in [6.45, 7) is -0.206. The summed E-state index contributed by atoms with van der Waals surface area (Å²) >= 11 is 0. The molecule has 0 aliphatic carbocycles. The van der Waals surface area contributed by atoms with E-state index in [1.54, 1.807) is 0 Å². The van der Waals surface area contributed by atoms with Crippen molar-refractivity contribution in [2.24, 2.45) is 0 Å². The fourth-order valence-electron chi connectivity index (χ4n) is 11.1. The van der Waals surface area contributed by atoms with Crippen molar-refractivity contribution in [2.45, 2.75) is 0 Å². The van der Waals surface area contributed by atoms with E-state index in [0.717, 1.165) is 78.8 Å². The molecule has 4 aliphatic heterocycles. The van der Waals surface area contributed by atoms with E-state index in [2.05, 4.69) is 118 Å². The van der Waals surface area contributed by atoms with E-state index in [9.17, 15) is 0 Å². The molecular formula is C54H30B2N2O4. The minimum Gasteiger partial charge on any atom is -0.458 e. The fourth-order valence-corrected chi connectivity index (χ4v) is 11.1. The maximum absolute atomic E-state index is 7.12. The zero-order chi connectivity index (χ0) is 40.2. The van der Waals surface area contributed by atoms with Crippen LogP contribution in [0.1, 0.15) is 0 Å². The van der Waals surface area contributed by atoms with Crippen LogP contribution in [0.15, 0.2) is 182 Å². The molecule has 8 heteroatoms. The summed E-state index contributed by atoms with van der Waals surface area (Å²) in [6.07, 6.45) is 0. The molecule has 0 radical (unpaired) electrons. The van der Waals surface area contributed by atoms with E-state index in [4.69, 9.17) is 18.9 Å². The van der Waals surface area contributed by atoms with E-state index in [0.29, 0.717) is 11.5 Å². The van der Waals surface area contributed by atoms with Gasteiger partial charge in [0.05, 0.1) is 11.0 Å². The zero-order valence-electron chi connectivity index (χ0n) is 33.0. The molecule has 0 fully saturated rings. The molecule has 0 bridgehead atoms. The summed E-state index contributed by atoms with van der Waals surface area (Å²) < 4.78 is 32.2. The molecule has 0 amide bonds. The molecule has 0 unspecified atom stereocenters. The molecule has 0 spiro atoms. The third-order valence-corrected chi connectivity index (χ3v) is 13.5. The van der Waals surface area contributed by atoms with Crippen molar-refractivity contribution in [3.05, 3.63) is 182 Å². The van der Waals surface area contributed by atoms with Crippen molar-refractivity contribution in [1.29, 1.82) is 0 Å². The van der Waals surface area contributed by atoms with Crippen LogP contribution >= 0.6 is 0 Å². The second-order valence-corrected chi connectivity index (χ2v) is 16.7. The van der Waals surface area contributed by atoms with Crippen LogP contribution in [-0.4, -0.2) is 22.6 Å². The maximum Gasteiger partial charge on any atom is 0.256 e. The summed E-state index contributed by atoms with van der Waals surface area (Å²) in [7, 11) is 0. The highest BCUT2D eigenvalue weighted by Crippen LogP contribution is 2.44. The largest absolute Gasteiger partial charge is 0.458 e. The molecule has 15 rings (SSSR count).